The first-order chi connectivity index (χ1) is 13.6. The van der Waals surface area contributed by atoms with Gasteiger partial charge in [-0.3, -0.25) is 0 Å². The third-order valence-electron chi connectivity index (χ3n) is 5.77. The Hall–Kier alpha value is -2.38. The average Bonchev–Trinajstić information content (AvgIpc) is 3.33. The molecular weight excluding hydrogens is 388 g/mol. The molecule has 156 valence electrons. The van der Waals surface area contributed by atoms with E-state index in [4.69, 9.17) is 10.7 Å². The first kappa shape index (κ1) is 21.3. The number of aromatic nitrogens is 4. The second kappa shape index (κ2) is 8.97. The number of aliphatic hydroxyl groups is 1. The molecule has 3 heterocycles. The number of imidazole rings is 1. The van der Waals surface area contributed by atoms with E-state index in [1.165, 1.54) is 5.56 Å². The summed E-state index contributed by atoms with van der Waals surface area (Å²) in [5.41, 5.74) is 10.1. The van der Waals surface area contributed by atoms with Crippen molar-refractivity contribution in [3.05, 3.63) is 41.2 Å². The van der Waals surface area contributed by atoms with E-state index in [0.29, 0.717) is 11.7 Å². The van der Waals surface area contributed by atoms with Crippen LogP contribution in [0.15, 0.2) is 24.3 Å². The summed E-state index contributed by atoms with van der Waals surface area (Å²) in [7, 11) is 2.05. The number of benzene rings is 1. The van der Waals surface area contributed by atoms with Gasteiger partial charge in [-0.2, -0.15) is 0 Å². The second-order valence-electron chi connectivity index (χ2n) is 7.63. The first-order valence-corrected chi connectivity index (χ1v) is 10.0. The molecule has 0 spiro atoms. The highest BCUT2D eigenvalue weighted by molar-refractivity contribution is 5.93. The Morgan fingerprint density at radius 1 is 1.21 bits per heavy atom. The van der Waals surface area contributed by atoms with E-state index in [0.717, 1.165) is 67.0 Å². The molecule has 3 N–H and O–H groups in total. The van der Waals surface area contributed by atoms with Crippen LogP contribution >= 0.6 is 12.4 Å². The van der Waals surface area contributed by atoms with E-state index in [1.807, 2.05) is 19.2 Å². The highest BCUT2D eigenvalue weighted by atomic mass is 35.5. The van der Waals surface area contributed by atoms with Crippen LogP contribution in [-0.4, -0.2) is 37.9 Å². The largest absolute Gasteiger partial charge is 0.392 e. The maximum atomic E-state index is 9.25. The number of anilines is 2. The van der Waals surface area contributed by atoms with Gasteiger partial charge in [0.05, 0.1) is 6.61 Å². The molecule has 1 aromatic carbocycles. The highest BCUT2D eigenvalue weighted by Crippen LogP contribution is 2.34. The van der Waals surface area contributed by atoms with Crippen molar-refractivity contribution >= 4 is 35.1 Å². The summed E-state index contributed by atoms with van der Waals surface area (Å²) in [6.45, 7) is 4.08. The Labute approximate surface area is 177 Å². The van der Waals surface area contributed by atoms with Crippen LogP contribution in [0.2, 0.25) is 0 Å². The lowest BCUT2D eigenvalue weighted by Crippen LogP contribution is -2.22. The number of hydrogen-bond acceptors (Lipinski definition) is 6. The van der Waals surface area contributed by atoms with Crippen molar-refractivity contribution in [2.45, 2.75) is 45.1 Å². The summed E-state index contributed by atoms with van der Waals surface area (Å²) in [5, 5.41) is 17.9. The van der Waals surface area contributed by atoms with Crippen LogP contribution in [0.4, 0.5) is 11.6 Å². The molecule has 7 nitrogen and oxygen atoms in total. The van der Waals surface area contributed by atoms with Crippen molar-refractivity contribution in [1.82, 2.24) is 19.7 Å². The molecule has 0 aliphatic carbocycles. The molecule has 3 aromatic rings. The molecule has 1 aliphatic heterocycles. The summed E-state index contributed by atoms with van der Waals surface area (Å²) in [4.78, 5) is 7.06. The quantitative estimate of drug-likeness (QED) is 0.641. The lowest BCUT2D eigenvalue weighted by Gasteiger charge is -2.19. The molecule has 0 bridgehead atoms. The number of rotatable bonds is 6. The van der Waals surface area contributed by atoms with Gasteiger partial charge in [0.15, 0.2) is 11.6 Å². The number of fused-ring (bicyclic) bond motifs is 1. The molecule has 29 heavy (non-hydrogen) atoms. The molecule has 1 unspecified atom stereocenters. The summed E-state index contributed by atoms with van der Waals surface area (Å²) >= 11 is 0. The summed E-state index contributed by atoms with van der Waals surface area (Å²) in [6.07, 6.45) is 4.22. The van der Waals surface area contributed by atoms with Gasteiger partial charge in [0.1, 0.15) is 16.9 Å². The van der Waals surface area contributed by atoms with E-state index < -0.39 is 0 Å². The van der Waals surface area contributed by atoms with Crippen LogP contribution in [0, 0.1) is 0 Å². The van der Waals surface area contributed by atoms with Crippen molar-refractivity contribution in [3.8, 4) is 0 Å². The normalized spacial score (nSPS) is 16.4. The van der Waals surface area contributed by atoms with E-state index in [2.05, 4.69) is 38.7 Å². The Bertz CT molecular complexity index is 971. The predicted molar refractivity (Wildman–Crippen MR) is 119 cm³/mol. The summed E-state index contributed by atoms with van der Waals surface area (Å²) < 4.78 is 2.13. The van der Waals surface area contributed by atoms with Gasteiger partial charge in [-0.1, -0.05) is 37.6 Å². The van der Waals surface area contributed by atoms with E-state index in [-0.39, 0.29) is 19.0 Å². The lowest BCUT2D eigenvalue weighted by atomic mass is 9.97. The van der Waals surface area contributed by atoms with Crippen LogP contribution in [0.3, 0.4) is 0 Å². The van der Waals surface area contributed by atoms with Crippen molar-refractivity contribution in [2.75, 3.05) is 23.7 Å². The van der Waals surface area contributed by atoms with Gasteiger partial charge in [-0.15, -0.1) is 22.6 Å². The monoisotopic (exact) mass is 416 g/mol. The minimum Gasteiger partial charge on any atom is -0.392 e. The van der Waals surface area contributed by atoms with Gasteiger partial charge in [0.2, 0.25) is 0 Å². The predicted octanol–water partition coefficient (Wildman–Crippen LogP) is 3.20. The summed E-state index contributed by atoms with van der Waals surface area (Å²) in [5.74, 6) is 2.74. The Kier molecular flexibility index (Phi) is 6.59. The van der Waals surface area contributed by atoms with Crippen LogP contribution in [0.1, 0.15) is 49.1 Å². The van der Waals surface area contributed by atoms with Crippen molar-refractivity contribution < 1.29 is 5.11 Å². The minimum absolute atomic E-state index is 0. The van der Waals surface area contributed by atoms with Gasteiger partial charge < -0.3 is 20.3 Å². The zero-order valence-electron chi connectivity index (χ0n) is 17.0. The number of nitrogen functional groups attached to an aromatic ring is 1. The molecule has 0 radical (unpaired) electrons. The number of halogens is 1. The Morgan fingerprint density at radius 3 is 2.66 bits per heavy atom. The SMILES string of the molecule is CCCCc1nc2c(N)nnc(N3CCC(c4ccc(CO)cc4)C3)c2n1C.Cl. The number of aryl methyl sites for hydroxylation is 2. The minimum atomic E-state index is 0. The number of nitrogens with two attached hydrogens (primary N) is 1. The molecule has 1 saturated heterocycles. The topological polar surface area (TPSA) is 93.1 Å². The molecule has 8 heteroatoms. The van der Waals surface area contributed by atoms with Crippen LogP contribution in [0.5, 0.6) is 0 Å². The van der Waals surface area contributed by atoms with Crippen LogP contribution < -0.4 is 10.6 Å². The molecule has 1 fully saturated rings. The van der Waals surface area contributed by atoms with Crippen molar-refractivity contribution in [3.63, 3.8) is 0 Å². The molecule has 2 aromatic heterocycles. The molecule has 1 atom stereocenters. The number of aliphatic hydroxyl groups excluding tert-OH is 1. The van der Waals surface area contributed by atoms with Gasteiger partial charge in [0, 0.05) is 32.5 Å². The average molecular weight is 417 g/mol. The Balaban J connectivity index is 0.00000240. The molecule has 0 saturated carbocycles. The van der Waals surface area contributed by atoms with Crippen LogP contribution in [-0.2, 0) is 20.1 Å². The van der Waals surface area contributed by atoms with Crippen LogP contribution in [0.25, 0.3) is 11.0 Å². The van der Waals surface area contributed by atoms with E-state index >= 15 is 0 Å². The van der Waals surface area contributed by atoms with Crippen molar-refractivity contribution in [2.24, 2.45) is 7.05 Å². The zero-order chi connectivity index (χ0) is 19.7. The smallest absolute Gasteiger partial charge is 0.177 e. The van der Waals surface area contributed by atoms with Gasteiger partial charge in [-0.25, -0.2) is 4.98 Å². The fourth-order valence-corrected chi connectivity index (χ4v) is 4.07. The first-order valence-electron chi connectivity index (χ1n) is 10.0. The highest BCUT2D eigenvalue weighted by Gasteiger charge is 2.28. The number of nitrogens with zero attached hydrogens (tertiary/aromatic N) is 5. The fraction of sp³-hybridized carbons (Fsp3) is 0.476. The fourth-order valence-electron chi connectivity index (χ4n) is 4.07. The zero-order valence-corrected chi connectivity index (χ0v) is 17.8. The molecule has 4 rings (SSSR count). The van der Waals surface area contributed by atoms with Gasteiger partial charge in [0.25, 0.3) is 0 Å². The number of unbranched alkanes of at least 4 members (excludes halogenated alkanes) is 1. The lowest BCUT2D eigenvalue weighted by molar-refractivity contribution is 0.282. The summed E-state index contributed by atoms with van der Waals surface area (Å²) in [6, 6.07) is 8.24. The van der Waals surface area contributed by atoms with Gasteiger partial charge in [-0.05, 0) is 24.0 Å². The van der Waals surface area contributed by atoms with Gasteiger partial charge >= 0.3 is 0 Å². The standard InChI is InChI=1S/C21H28N6O.ClH/c1-3-4-5-17-23-18-19(26(17)2)21(25-24-20(18)22)27-11-10-16(12-27)15-8-6-14(13-28)7-9-15;/h6-9,16,28H,3-5,10-13H2,1-2H3,(H2,22,24);1H. The Morgan fingerprint density at radius 2 is 1.97 bits per heavy atom. The van der Waals surface area contributed by atoms with Crippen molar-refractivity contribution in [1.29, 1.82) is 0 Å². The number of hydrogen-bond donors (Lipinski definition) is 2. The van der Waals surface area contributed by atoms with E-state index in [1.54, 1.807) is 0 Å². The third kappa shape index (κ3) is 4.02. The van der Waals surface area contributed by atoms with E-state index in [9.17, 15) is 5.11 Å². The maximum absolute atomic E-state index is 9.25. The maximum Gasteiger partial charge on any atom is 0.177 e. The second-order valence-corrected chi connectivity index (χ2v) is 7.63. The third-order valence-corrected chi connectivity index (χ3v) is 5.77. The molecular formula is C21H29ClN6O. The molecule has 1 aliphatic rings. The molecule has 0 amide bonds.